The first-order valence-corrected chi connectivity index (χ1v) is 9.43. The maximum atomic E-state index is 13.2. The standard InChI is InChI=1S/C22H22N4O2/c1-14-9-10-26(19-8-4-6-16-5-3-7-18(16)19)22(28)20(14)21(27)25-13-17-12-23-15(2)11-24-17/h4,6,8-12H,3,5,7,13H2,1-2H3,(H,25,27). The molecule has 1 amide bonds. The van der Waals surface area contributed by atoms with Crippen molar-refractivity contribution in [3.05, 3.63) is 86.9 Å². The summed E-state index contributed by atoms with van der Waals surface area (Å²) < 4.78 is 1.59. The van der Waals surface area contributed by atoms with Crippen LogP contribution in [0.3, 0.4) is 0 Å². The average molecular weight is 374 g/mol. The lowest BCUT2D eigenvalue weighted by molar-refractivity contribution is 0.0948. The minimum absolute atomic E-state index is 0.165. The third-order valence-corrected chi connectivity index (χ3v) is 5.17. The van der Waals surface area contributed by atoms with Crippen LogP contribution in [0.5, 0.6) is 0 Å². The third kappa shape index (κ3) is 3.33. The van der Waals surface area contributed by atoms with Gasteiger partial charge in [-0.1, -0.05) is 12.1 Å². The number of fused-ring (bicyclic) bond motifs is 1. The molecule has 1 N–H and O–H groups in total. The molecule has 28 heavy (non-hydrogen) atoms. The Labute approximate surface area is 163 Å². The van der Waals surface area contributed by atoms with E-state index in [1.807, 2.05) is 25.1 Å². The number of hydrogen-bond donors (Lipinski definition) is 1. The van der Waals surface area contributed by atoms with E-state index < -0.39 is 5.91 Å². The summed E-state index contributed by atoms with van der Waals surface area (Å²) in [6, 6.07) is 7.85. The van der Waals surface area contributed by atoms with Crippen molar-refractivity contribution in [1.82, 2.24) is 19.9 Å². The topological polar surface area (TPSA) is 76.9 Å². The Bertz CT molecular complexity index is 1100. The molecule has 142 valence electrons. The van der Waals surface area contributed by atoms with Crippen molar-refractivity contribution < 1.29 is 4.79 Å². The Morgan fingerprint density at radius 1 is 1.14 bits per heavy atom. The maximum absolute atomic E-state index is 13.2. The van der Waals surface area contributed by atoms with Crippen molar-refractivity contribution in [3.8, 4) is 5.69 Å². The first-order valence-electron chi connectivity index (χ1n) is 9.43. The van der Waals surface area contributed by atoms with Crippen LogP contribution in [0, 0.1) is 13.8 Å². The van der Waals surface area contributed by atoms with Crippen molar-refractivity contribution >= 4 is 5.91 Å². The van der Waals surface area contributed by atoms with Gasteiger partial charge < -0.3 is 5.32 Å². The number of amides is 1. The second-order valence-electron chi connectivity index (χ2n) is 7.15. The summed E-state index contributed by atoms with van der Waals surface area (Å²) in [6.45, 7) is 3.86. The van der Waals surface area contributed by atoms with Gasteiger partial charge in [0.1, 0.15) is 5.56 Å². The van der Waals surface area contributed by atoms with Crippen LogP contribution in [0.15, 0.2) is 47.7 Å². The van der Waals surface area contributed by atoms with E-state index in [4.69, 9.17) is 0 Å². The van der Waals surface area contributed by atoms with E-state index >= 15 is 0 Å². The summed E-state index contributed by atoms with van der Waals surface area (Å²) >= 11 is 0. The van der Waals surface area contributed by atoms with Crippen molar-refractivity contribution in [1.29, 1.82) is 0 Å². The third-order valence-electron chi connectivity index (χ3n) is 5.17. The van der Waals surface area contributed by atoms with Gasteiger partial charge in [0, 0.05) is 12.4 Å². The van der Waals surface area contributed by atoms with E-state index in [-0.39, 0.29) is 17.7 Å². The minimum Gasteiger partial charge on any atom is -0.346 e. The van der Waals surface area contributed by atoms with Crippen LogP contribution in [0.1, 0.15) is 44.9 Å². The van der Waals surface area contributed by atoms with Crippen LogP contribution in [-0.4, -0.2) is 20.4 Å². The van der Waals surface area contributed by atoms with Crippen LogP contribution in [0.2, 0.25) is 0 Å². The largest absolute Gasteiger partial charge is 0.346 e. The quantitative estimate of drug-likeness (QED) is 0.762. The van der Waals surface area contributed by atoms with Gasteiger partial charge in [0.05, 0.1) is 29.8 Å². The Balaban J connectivity index is 1.66. The number of aromatic nitrogens is 3. The number of nitrogens with zero attached hydrogens (tertiary/aromatic N) is 3. The molecule has 0 aliphatic heterocycles. The predicted octanol–water partition coefficient (Wildman–Crippen LogP) is 2.66. The molecule has 6 nitrogen and oxygen atoms in total. The van der Waals surface area contributed by atoms with Crippen molar-refractivity contribution in [2.45, 2.75) is 39.7 Å². The van der Waals surface area contributed by atoms with Gasteiger partial charge in [0.15, 0.2) is 0 Å². The van der Waals surface area contributed by atoms with Crippen LogP contribution in [0.25, 0.3) is 5.69 Å². The zero-order valence-corrected chi connectivity index (χ0v) is 16.0. The van der Waals surface area contributed by atoms with Crippen LogP contribution in [-0.2, 0) is 19.4 Å². The Kier molecular flexibility index (Phi) is 4.77. The SMILES string of the molecule is Cc1cnc(CNC(=O)c2c(C)ccn(-c3cccc4c3CCC4)c2=O)cn1. The number of carbonyl (C=O) groups is 1. The smallest absolute Gasteiger partial charge is 0.268 e. The summed E-state index contributed by atoms with van der Waals surface area (Å²) in [4.78, 5) is 34.3. The lowest BCUT2D eigenvalue weighted by Gasteiger charge is -2.14. The molecule has 2 aromatic heterocycles. The number of pyridine rings is 1. The molecular weight excluding hydrogens is 352 g/mol. The maximum Gasteiger partial charge on any atom is 0.268 e. The van der Waals surface area contributed by atoms with E-state index in [1.165, 1.54) is 11.1 Å². The van der Waals surface area contributed by atoms with E-state index in [2.05, 4.69) is 21.4 Å². The number of carbonyl (C=O) groups excluding carboxylic acids is 1. The van der Waals surface area contributed by atoms with Gasteiger partial charge in [-0.05, 0) is 61.9 Å². The molecule has 0 unspecified atom stereocenters. The van der Waals surface area contributed by atoms with Crippen molar-refractivity contribution in [2.75, 3.05) is 0 Å². The second-order valence-corrected chi connectivity index (χ2v) is 7.15. The lowest BCUT2D eigenvalue weighted by atomic mass is 10.1. The molecule has 0 radical (unpaired) electrons. The fourth-order valence-electron chi connectivity index (χ4n) is 3.69. The number of aryl methyl sites for hydroxylation is 3. The highest BCUT2D eigenvalue weighted by molar-refractivity contribution is 5.95. The first kappa shape index (κ1) is 18.1. The Morgan fingerprint density at radius 3 is 2.79 bits per heavy atom. The van der Waals surface area contributed by atoms with Crippen molar-refractivity contribution in [3.63, 3.8) is 0 Å². The van der Waals surface area contributed by atoms with Crippen LogP contribution >= 0.6 is 0 Å². The molecule has 0 fully saturated rings. The molecule has 1 aromatic carbocycles. The van der Waals surface area contributed by atoms with Gasteiger partial charge in [0.2, 0.25) is 0 Å². The molecular formula is C22H22N4O2. The predicted molar refractivity (Wildman–Crippen MR) is 107 cm³/mol. The monoisotopic (exact) mass is 374 g/mol. The number of rotatable bonds is 4. The van der Waals surface area contributed by atoms with Gasteiger partial charge in [-0.3, -0.25) is 24.1 Å². The second kappa shape index (κ2) is 7.38. The molecule has 2 heterocycles. The molecule has 0 spiro atoms. The van der Waals surface area contributed by atoms with Crippen LogP contribution < -0.4 is 10.9 Å². The summed E-state index contributed by atoms with van der Waals surface area (Å²) in [5, 5.41) is 2.79. The van der Waals surface area contributed by atoms with Gasteiger partial charge in [-0.15, -0.1) is 0 Å². The highest BCUT2D eigenvalue weighted by Gasteiger charge is 2.20. The molecule has 1 aliphatic rings. The van der Waals surface area contributed by atoms with Gasteiger partial charge in [0.25, 0.3) is 11.5 Å². The fourth-order valence-corrected chi connectivity index (χ4v) is 3.69. The zero-order valence-electron chi connectivity index (χ0n) is 16.0. The highest BCUT2D eigenvalue weighted by atomic mass is 16.2. The summed E-state index contributed by atoms with van der Waals surface area (Å²) in [5.74, 6) is -0.396. The van der Waals surface area contributed by atoms with E-state index in [0.29, 0.717) is 11.3 Å². The summed E-state index contributed by atoms with van der Waals surface area (Å²) in [6.07, 6.45) is 8.12. The normalized spacial score (nSPS) is 12.6. The van der Waals surface area contributed by atoms with Gasteiger partial charge in [-0.25, -0.2) is 0 Å². The minimum atomic E-state index is -0.396. The number of nitrogens with one attached hydrogen (secondary N) is 1. The molecule has 0 atom stereocenters. The van der Waals surface area contributed by atoms with Gasteiger partial charge >= 0.3 is 0 Å². The van der Waals surface area contributed by atoms with Gasteiger partial charge in [-0.2, -0.15) is 0 Å². The zero-order chi connectivity index (χ0) is 19.7. The molecule has 4 rings (SSSR count). The van der Waals surface area contributed by atoms with Crippen molar-refractivity contribution in [2.24, 2.45) is 0 Å². The van der Waals surface area contributed by atoms with E-state index in [9.17, 15) is 9.59 Å². The van der Waals surface area contributed by atoms with Crippen LogP contribution in [0.4, 0.5) is 0 Å². The number of benzene rings is 1. The average Bonchev–Trinajstić information content (AvgIpc) is 3.17. The first-order chi connectivity index (χ1) is 13.5. The highest BCUT2D eigenvalue weighted by Crippen LogP contribution is 2.27. The molecule has 6 heteroatoms. The molecule has 1 aliphatic carbocycles. The molecule has 3 aromatic rings. The molecule has 0 bridgehead atoms. The summed E-state index contributed by atoms with van der Waals surface area (Å²) in [7, 11) is 0. The molecule has 0 saturated carbocycles. The Hall–Kier alpha value is -3.28. The number of hydrogen-bond acceptors (Lipinski definition) is 4. The molecule has 0 saturated heterocycles. The summed E-state index contributed by atoms with van der Waals surface area (Å²) in [5.41, 5.74) is 5.34. The fraction of sp³-hybridized carbons (Fsp3) is 0.273. The Morgan fingerprint density at radius 2 is 2.00 bits per heavy atom. The van der Waals surface area contributed by atoms with E-state index in [1.54, 1.807) is 30.1 Å². The van der Waals surface area contributed by atoms with E-state index in [0.717, 1.165) is 30.6 Å². The lowest BCUT2D eigenvalue weighted by Crippen LogP contribution is -2.33.